The van der Waals surface area contributed by atoms with Crippen molar-refractivity contribution in [1.29, 1.82) is 0 Å². The van der Waals surface area contributed by atoms with E-state index >= 15 is 0 Å². The highest BCUT2D eigenvalue weighted by atomic mass is 35.5. The molecule has 0 bridgehead atoms. The normalized spacial score (nSPS) is 15.4. The molecule has 4 fully saturated rings. The van der Waals surface area contributed by atoms with Crippen molar-refractivity contribution in [3.05, 3.63) is 238 Å². The lowest BCUT2D eigenvalue weighted by Gasteiger charge is -2.32. The third-order valence-corrected chi connectivity index (χ3v) is 23.1. The van der Waals surface area contributed by atoms with E-state index in [1.807, 2.05) is 201 Å². The molecule has 21 nitrogen and oxygen atoms in total. The number of aromatic nitrogens is 8. The van der Waals surface area contributed by atoms with Crippen LogP contribution in [-0.4, -0.2) is 189 Å². The number of nitrogens with two attached hydrogens (primary N) is 1. The number of carbonyl (C=O) groups excluding carboxylic acids is 5. The Morgan fingerprint density at radius 2 is 0.684 bits per heavy atom. The molecule has 0 saturated carbocycles. The van der Waals surface area contributed by atoms with Crippen molar-refractivity contribution < 1.29 is 33.8 Å². The number of carbonyl (C=O) groups is 5. The molecule has 0 radical (unpaired) electrons. The van der Waals surface area contributed by atoms with Gasteiger partial charge in [0.05, 0.1) is 59.9 Å². The molecule has 4 amide bonds. The number of ether oxygens (including phenoxy) is 1. The van der Waals surface area contributed by atoms with E-state index in [0.29, 0.717) is 66.2 Å². The number of hydrogen-bond acceptors (Lipinski definition) is 13. The van der Waals surface area contributed by atoms with Gasteiger partial charge in [-0.1, -0.05) is 46.4 Å². The number of amides is 4. The van der Waals surface area contributed by atoms with Crippen LogP contribution < -0.4 is 5.73 Å². The maximum absolute atomic E-state index is 12.7. The summed E-state index contributed by atoms with van der Waals surface area (Å²) < 4.78 is 14.0. The van der Waals surface area contributed by atoms with Gasteiger partial charge in [0.2, 0.25) is 23.6 Å². The van der Waals surface area contributed by atoms with Gasteiger partial charge in [-0.05, 0) is 260 Å². The first-order valence-electron chi connectivity index (χ1n) is 39.2. The highest BCUT2D eigenvalue weighted by Gasteiger charge is 2.32. The van der Waals surface area contributed by atoms with Gasteiger partial charge < -0.3 is 58.3 Å². The Hall–Kier alpha value is -9.97. The lowest BCUT2D eigenvalue weighted by molar-refractivity contribution is -0.155. The van der Waals surface area contributed by atoms with Gasteiger partial charge in [-0.15, -0.1) is 0 Å². The quantitative estimate of drug-likeness (QED) is 0.0859. The second-order valence-corrected chi connectivity index (χ2v) is 32.7. The number of piperidine rings is 4. The first-order valence-corrected chi connectivity index (χ1v) is 40.7. The van der Waals surface area contributed by atoms with Crippen LogP contribution in [0.1, 0.15) is 137 Å². The Balaban J connectivity index is 0.000000133. The molecule has 25 heteroatoms. The summed E-state index contributed by atoms with van der Waals surface area (Å²) in [5, 5.41) is 16.8. The van der Waals surface area contributed by atoms with E-state index in [1.165, 1.54) is 43.8 Å². The Labute approximate surface area is 685 Å². The average Bonchev–Trinajstić information content (AvgIpc) is 1.64. The summed E-state index contributed by atoms with van der Waals surface area (Å²) in [6.07, 6.45) is 32.5. The molecule has 0 unspecified atom stereocenters. The molecule has 4 aromatic carbocycles. The fourth-order valence-electron chi connectivity index (χ4n) is 16.3. The summed E-state index contributed by atoms with van der Waals surface area (Å²) in [6, 6.07) is 39.6. The average molecular weight is 1620 g/mol. The summed E-state index contributed by atoms with van der Waals surface area (Å²) in [7, 11) is 3.87. The van der Waals surface area contributed by atoms with Crippen LogP contribution in [0.25, 0.3) is 66.4 Å². The third kappa shape index (κ3) is 19.9. The molecule has 16 rings (SSSR count). The molecule has 8 aromatic heterocycles. The van der Waals surface area contributed by atoms with E-state index in [1.54, 1.807) is 4.90 Å². The minimum atomic E-state index is -0.490. The van der Waals surface area contributed by atoms with Gasteiger partial charge >= 0.3 is 5.97 Å². The van der Waals surface area contributed by atoms with Crippen molar-refractivity contribution in [1.82, 2.24) is 62.7 Å². The number of halogens is 4. The van der Waals surface area contributed by atoms with Crippen molar-refractivity contribution in [2.24, 2.45) is 5.73 Å². The standard InChI is InChI=1S/C27H32ClN3O3.C22H25ClN4O.C20H21ClN4O.C20H20ClN3O2/c1-27(2,3)34-26(33)6-4-5-25(32)30-15-12-19(13-16-30)23-18-31(21-9-7-20(28)8-10-21)24-17-29-14-11-22(23)24;1-25(2)15-22(28)26-11-8-16(9-12-26)20-14-27(18-5-3-17(23)4-6-18)21-13-24-10-7-19(20)21;21-15-1-3-16(4-2-15)25-13-18(17-5-8-23-12-19(17)25)14-6-9-24(10-7-14)20(26)11-22;21-15-1-3-16(4-2-15)24-12-18(17-5-8-22-11-19(17)24)14-6-9-23(10-7-14)20(26)13-25/h7-11,14,17-19H,4-6,12-13,15-16H2,1-3H3;3-7,10,13-14,16H,8-9,11-12,15H2,1-2H3;1-5,8,12-14H,6-7,9-11,22H2;1-5,8,11-12,14,25H,6-7,9-10,13H2. The molecular weight excluding hydrogens is 1520 g/mol. The van der Waals surface area contributed by atoms with E-state index in [9.17, 15) is 24.0 Å². The number of aliphatic hydroxyl groups excluding tert-OH is 1. The fourth-order valence-corrected chi connectivity index (χ4v) is 16.8. The first-order chi connectivity index (χ1) is 55.1. The SMILES string of the molecule is CC(C)(C)OC(=O)CCCC(=O)N1CCC(c2cn(-c3ccc(Cl)cc3)c3cnccc23)CC1.CN(C)CC(=O)N1CCC(c2cn(-c3ccc(Cl)cc3)c3cnccc23)CC1.NCC(=O)N1CCC(c2cn(-c3ccc(Cl)cc3)c3cnccc23)CC1.O=C(CO)N1CCC(c2cn(-c3ccc(Cl)cc3)c3cnccc23)CC1. The van der Waals surface area contributed by atoms with Crippen LogP contribution in [0.4, 0.5) is 0 Å². The van der Waals surface area contributed by atoms with Crippen molar-refractivity contribution in [2.45, 2.75) is 121 Å². The number of nitrogens with zero attached hydrogens (tertiary/aromatic N) is 13. The monoisotopic (exact) mass is 1610 g/mol. The molecule has 3 N–H and O–H groups in total. The molecule has 4 aliphatic rings. The lowest BCUT2D eigenvalue weighted by atomic mass is 9.89. The number of fused-ring (bicyclic) bond motifs is 4. The Morgan fingerprint density at radius 1 is 0.412 bits per heavy atom. The largest absolute Gasteiger partial charge is 0.460 e. The number of aliphatic hydroxyl groups is 1. The molecule has 0 spiro atoms. The van der Waals surface area contributed by atoms with Crippen molar-refractivity contribution in [3.8, 4) is 22.7 Å². The number of likely N-dealkylation sites (N-methyl/N-ethyl adjacent to an activating group) is 1. The van der Waals surface area contributed by atoms with Crippen LogP contribution in [0.2, 0.25) is 20.1 Å². The van der Waals surface area contributed by atoms with Crippen LogP contribution >= 0.6 is 46.4 Å². The number of rotatable bonds is 16. The number of likely N-dealkylation sites (tertiary alicyclic amines) is 4. The molecule has 0 aliphatic carbocycles. The van der Waals surface area contributed by atoms with Gasteiger partial charge in [-0.3, -0.25) is 43.9 Å². The first kappa shape index (κ1) is 82.0. The van der Waals surface area contributed by atoms with Gasteiger partial charge in [-0.2, -0.15) is 0 Å². The second kappa shape index (κ2) is 37.5. The zero-order valence-corrected chi connectivity index (χ0v) is 68.2. The van der Waals surface area contributed by atoms with Crippen molar-refractivity contribution in [2.75, 3.05) is 86.1 Å². The molecular formula is C89H98Cl4N14O7. The maximum atomic E-state index is 12.7. The van der Waals surface area contributed by atoms with Crippen molar-refractivity contribution >= 4 is 120 Å². The second-order valence-electron chi connectivity index (χ2n) is 31.0. The van der Waals surface area contributed by atoms with E-state index in [-0.39, 0.29) is 42.6 Å². The highest BCUT2D eigenvalue weighted by molar-refractivity contribution is 6.31. The van der Waals surface area contributed by atoms with Crippen LogP contribution in [0.15, 0.2) is 196 Å². The zero-order valence-electron chi connectivity index (χ0n) is 65.1. The Kier molecular flexibility index (Phi) is 27.0. The minimum absolute atomic E-state index is 0.0382. The smallest absolute Gasteiger partial charge is 0.306 e. The Morgan fingerprint density at radius 3 is 0.947 bits per heavy atom. The number of hydrogen-bond donors (Lipinski definition) is 2. The van der Waals surface area contributed by atoms with E-state index in [2.05, 4.69) is 87.3 Å². The summed E-state index contributed by atoms with van der Waals surface area (Å²) in [6.45, 7) is 11.7. The van der Waals surface area contributed by atoms with Crippen molar-refractivity contribution in [3.63, 3.8) is 0 Å². The highest BCUT2D eigenvalue weighted by Crippen LogP contribution is 2.41. The Bertz CT molecular complexity index is 5140. The van der Waals surface area contributed by atoms with Gasteiger partial charge in [0.15, 0.2) is 0 Å². The van der Waals surface area contributed by atoms with Crippen LogP contribution in [0.3, 0.4) is 0 Å². The van der Waals surface area contributed by atoms with E-state index in [4.69, 9.17) is 62.0 Å². The number of benzene rings is 4. The summed E-state index contributed by atoms with van der Waals surface area (Å²) >= 11 is 24.2. The summed E-state index contributed by atoms with van der Waals surface area (Å²) in [4.78, 5) is 87.2. The molecule has 0 atom stereocenters. The van der Waals surface area contributed by atoms with Crippen LogP contribution in [0.5, 0.6) is 0 Å². The van der Waals surface area contributed by atoms with Gasteiger partial charge in [-0.25, -0.2) is 0 Å². The van der Waals surface area contributed by atoms with E-state index in [0.717, 1.165) is 145 Å². The number of pyridine rings is 4. The molecule has 12 heterocycles. The summed E-state index contributed by atoms with van der Waals surface area (Å²) in [5.41, 5.74) is 18.8. The lowest BCUT2D eigenvalue weighted by Crippen LogP contribution is -2.42. The molecule has 4 saturated heterocycles. The van der Waals surface area contributed by atoms with Gasteiger partial charge in [0.25, 0.3) is 0 Å². The fraction of sp³-hybridized carbons (Fsp3) is 0.360. The van der Waals surface area contributed by atoms with E-state index < -0.39 is 12.2 Å². The zero-order chi connectivity index (χ0) is 80.2. The molecule has 594 valence electrons. The van der Waals surface area contributed by atoms with Gasteiger partial charge in [0.1, 0.15) is 12.2 Å². The molecule has 114 heavy (non-hydrogen) atoms. The molecule has 12 aromatic rings. The predicted octanol–water partition coefficient (Wildman–Crippen LogP) is 16.6. The van der Waals surface area contributed by atoms with Crippen LogP contribution in [0, 0.1) is 0 Å². The maximum Gasteiger partial charge on any atom is 0.306 e. The minimum Gasteiger partial charge on any atom is -0.460 e. The summed E-state index contributed by atoms with van der Waals surface area (Å²) in [5.74, 6) is 1.58. The predicted molar refractivity (Wildman–Crippen MR) is 453 cm³/mol. The van der Waals surface area contributed by atoms with Crippen LogP contribution in [-0.2, 0) is 28.7 Å². The topological polar surface area (TPSA) is 228 Å². The molecule has 4 aliphatic heterocycles. The third-order valence-electron chi connectivity index (χ3n) is 22.1. The van der Waals surface area contributed by atoms with Gasteiger partial charge in [0, 0.05) is 179 Å². The number of esters is 1.